The van der Waals surface area contributed by atoms with Crippen molar-refractivity contribution in [1.82, 2.24) is 4.72 Å². The van der Waals surface area contributed by atoms with Crippen LogP contribution in [0.1, 0.15) is 32.3 Å². The van der Waals surface area contributed by atoms with E-state index in [1.807, 2.05) is 13.8 Å². The summed E-state index contributed by atoms with van der Waals surface area (Å²) in [6, 6.07) is 10.8. The Hall–Kier alpha value is -3.40. The van der Waals surface area contributed by atoms with Gasteiger partial charge in [0.05, 0.1) is 17.7 Å². The van der Waals surface area contributed by atoms with Gasteiger partial charge in [0.25, 0.3) is 10.0 Å². The van der Waals surface area contributed by atoms with Crippen LogP contribution in [0, 0.1) is 5.92 Å². The summed E-state index contributed by atoms with van der Waals surface area (Å²) in [6.07, 6.45) is 1.30. The van der Waals surface area contributed by atoms with E-state index in [4.69, 9.17) is 4.74 Å². The first-order chi connectivity index (χ1) is 15.7. The Morgan fingerprint density at radius 2 is 1.97 bits per heavy atom. The van der Waals surface area contributed by atoms with Gasteiger partial charge in [-0.25, -0.2) is 8.42 Å². The van der Waals surface area contributed by atoms with E-state index < -0.39 is 16.1 Å². The summed E-state index contributed by atoms with van der Waals surface area (Å²) >= 11 is 0. The Labute approximate surface area is 192 Å². The van der Waals surface area contributed by atoms with Crippen LogP contribution in [0.2, 0.25) is 0 Å². The van der Waals surface area contributed by atoms with Crippen LogP contribution in [0.25, 0.3) is 0 Å². The zero-order valence-corrected chi connectivity index (χ0v) is 19.5. The van der Waals surface area contributed by atoms with E-state index >= 15 is 0 Å². The van der Waals surface area contributed by atoms with Crippen molar-refractivity contribution in [2.24, 2.45) is 10.9 Å². The third-order valence-electron chi connectivity index (χ3n) is 5.64. The van der Waals surface area contributed by atoms with Crippen molar-refractivity contribution in [3.63, 3.8) is 0 Å². The molecule has 174 valence electrons. The van der Waals surface area contributed by atoms with Gasteiger partial charge in [0.15, 0.2) is 0 Å². The molecule has 1 fully saturated rings. The first kappa shape index (κ1) is 22.8. The molecular weight excluding hydrogens is 444 g/mol. The molecule has 1 atom stereocenters. The number of ether oxygens (including phenoxy) is 1. The summed E-state index contributed by atoms with van der Waals surface area (Å²) in [4.78, 5) is 31.5. The van der Waals surface area contributed by atoms with Gasteiger partial charge in [-0.3, -0.25) is 19.3 Å². The fourth-order valence-corrected chi connectivity index (χ4v) is 5.22. The fraction of sp³-hybridized carbons (Fsp3) is 0.348. The number of amidine groups is 1. The minimum Gasteiger partial charge on any atom is -0.494 e. The van der Waals surface area contributed by atoms with Crippen LogP contribution in [-0.2, 0) is 19.6 Å². The molecule has 2 N–H and O–H groups in total. The highest BCUT2D eigenvalue weighted by Gasteiger charge is 2.33. The average molecular weight is 471 g/mol. The van der Waals surface area contributed by atoms with Crippen molar-refractivity contribution in [1.29, 1.82) is 0 Å². The minimum absolute atomic E-state index is 0.0417. The number of sulfonamides is 1. The predicted molar refractivity (Wildman–Crippen MR) is 125 cm³/mol. The summed E-state index contributed by atoms with van der Waals surface area (Å²) in [5.74, 6) is 0.0965. The molecule has 2 amide bonds. The van der Waals surface area contributed by atoms with Crippen LogP contribution in [0.5, 0.6) is 5.75 Å². The van der Waals surface area contributed by atoms with Gasteiger partial charge >= 0.3 is 0 Å². The third-order valence-corrected chi connectivity index (χ3v) is 7.04. The molecule has 2 heterocycles. The van der Waals surface area contributed by atoms with Crippen LogP contribution in [0.15, 0.2) is 52.4 Å². The molecule has 1 saturated heterocycles. The largest absolute Gasteiger partial charge is 0.494 e. The number of methoxy groups -OCH3 is 1. The van der Waals surface area contributed by atoms with E-state index in [2.05, 4.69) is 15.0 Å². The monoisotopic (exact) mass is 470 g/mol. The maximum atomic E-state index is 13.1. The number of fused-ring (bicyclic) bond motifs is 1. The van der Waals surface area contributed by atoms with Crippen molar-refractivity contribution in [2.45, 2.75) is 37.6 Å². The average Bonchev–Trinajstić information content (AvgIpc) is 3.32. The van der Waals surface area contributed by atoms with Crippen LogP contribution in [-0.4, -0.2) is 45.8 Å². The molecular formula is C23H26N4O5S. The van der Waals surface area contributed by atoms with Gasteiger partial charge in [-0.2, -0.15) is 0 Å². The molecule has 4 rings (SSSR count). The molecule has 0 radical (unpaired) electrons. The van der Waals surface area contributed by atoms with Crippen molar-refractivity contribution in [2.75, 3.05) is 23.9 Å². The van der Waals surface area contributed by atoms with Crippen LogP contribution in [0.4, 0.5) is 11.4 Å². The van der Waals surface area contributed by atoms with E-state index in [0.717, 1.165) is 6.42 Å². The SMILES string of the molecule is COc1cc(NC(=O)[C@@H](N=C2NS(=O)(=O)c3ccccc32)C(C)C)ccc1N1CCCC1=O. The van der Waals surface area contributed by atoms with Crippen molar-refractivity contribution in [3.8, 4) is 5.75 Å². The Morgan fingerprint density at radius 3 is 2.64 bits per heavy atom. The number of carbonyl (C=O) groups excluding carboxylic acids is 2. The number of carbonyl (C=O) groups is 2. The van der Waals surface area contributed by atoms with E-state index in [1.165, 1.54) is 13.2 Å². The molecule has 0 saturated carbocycles. The number of hydrogen-bond donors (Lipinski definition) is 2. The molecule has 9 nitrogen and oxygen atoms in total. The predicted octanol–water partition coefficient (Wildman–Crippen LogP) is 2.52. The van der Waals surface area contributed by atoms with Gasteiger partial charge in [0.1, 0.15) is 17.6 Å². The number of hydrogen-bond acceptors (Lipinski definition) is 6. The molecule has 2 aromatic rings. The highest BCUT2D eigenvalue weighted by Crippen LogP contribution is 2.34. The Kier molecular flexibility index (Phi) is 6.11. The number of nitrogens with one attached hydrogen (secondary N) is 2. The first-order valence-corrected chi connectivity index (χ1v) is 12.2. The lowest BCUT2D eigenvalue weighted by atomic mass is 10.0. The number of rotatable bonds is 6. The zero-order valence-electron chi connectivity index (χ0n) is 18.7. The van der Waals surface area contributed by atoms with Crippen molar-refractivity contribution < 1.29 is 22.7 Å². The van der Waals surface area contributed by atoms with Crippen LogP contribution in [0.3, 0.4) is 0 Å². The van der Waals surface area contributed by atoms with Crippen molar-refractivity contribution in [3.05, 3.63) is 48.0 Å². The van der Waals surface area contributed by atoms with E-state index in [-0.39, 0.29) is 28.5 Å². The summed E-state index contributed by atoms with van der Waals surface area (Å²) in [5, 5.41) is 2.84. The molecule has 2 aliphatic rings. The molecule has 2 aliphatic heterocycles. The normalized spacial score (nSPS) is 18.8. The lowest BCUT2D eigenvalue weighted by molar-refractivity contribution is -0.118. The fourth-order valence-electron chi connectivity index (χ4n) is 3.98. The topological polar surface area (TPSA) is 117 Å². The summed E-state index contributed by atoms with van der Waals surface area (Å²) in [7, 11) is -2.19. The summed E-state index contributed by atoms with van der Waals surface area (Å²) in [5.41, 5.74) is 1.60. The Balaban J connectivity index is 1.59. The summed E-state index contributed by atoms with van der Waals surface area (Å²) < 4.78 is 32.7. The van der Waals surface area contributed by atoms with Gasteiger partial charge < -0.3 is 15.0 Å². The van der Waals surface area contributed by atoms with E-state index in [1.54, 1.807) is 41.3 Å². The zero-order chi connectivity index (χ0) is 23.8. The second-order valence-corrected chi connectivity index (χ2v) is 9.94. The van der Waals surface area contributed by atoms with Gasteiger partial charge in [-0.15, -0.1) is 0 Å². The molecule has 0 aromatic heterocycles. The quantitative estimate of drug-likeness (QED) is 0.673. The van der Waals surface area contributed by atoms with E-state index in [9.17, 15) is 18.0 Å². The van der Waals surface area contributed by atoms with E-state index in [0.29, 0.717) is 35.7 Å². The van der Waals surface area contributed by atoms with Gasteiger partial charge in [0.2, 0.25) is 11.8 Å². The molecule has 0 unspecified atom stereocenters. The Morgan fingerprint density at radius 1 is 1.21 bits per heavy atom. The number of anilines is 2. The maximum absolute atomic E-state index is 13.1. The summed E-state index contributed by atoms with van der Waals surface area (Å²) in [6.45, 7) is 4.31. The second-order valence-electron chi connectivity index (χ2n) is 8.29. The first-order valence-electron chi connectivity index (χ1n) is 10.7. The molecule has 33 heavy (non-hydrogen) atoms. The van der Waals surface area contributed by atoms with Crippen LogP contribution < -0.4 is 19.7 Å². The molecule has 0 bridgehead atoms. The smallest absolute Gasteiger partial charge is 0.263 e. The highest BCUT2D eigenvalue weighted by atomic mass is 32.2. The number of nitrogens with zero attached hydrogens (tertiary/aromatic N) is 2. The second kappa shape index (κ2) is 8.86. The molecule has 0 aliphatic carbocycles. The van der Waals surface area contributed by atoms with Gasteiger partial charge in [-0.1, -0.05) is 26.0 Å². The van der Waals surface area contributed by atoms with Gasteiger partial charge in [0, 0.05) is 30.3 Å². The third kappa shape index (κ3) is 4.43. The van der Waals surface area contributed by atoms with Gasteiger partial charge in [-0.05, 0) is 36.6 Å². The minimum atomic E-state index is -3.70. The maximum Gasteiger partial charge on any atom is 0.263 e. The number of aliphatic imine (C=N–C) groups is 1. The Bertz CT molecular complexity index is 1240. The molecule has 0 spiro atoms. The lowest BCUT2D eigenvalue weighted by Crippen LogP contribution is -2.34. The highest BCUT2D eigenvalue weighted by molar-refractivity contribution is 7.90. The van der Waals surface area contributed by atoms with Crippen LogP contribution >= 0.6 is 0 Å². The lowest BCUT2D eigenvalue weighted by Gasteiger charge is -2.21. The molecule has 2 aromatic carbocycles. The number of benzene rings is 2. The standard InChI is InChI=1S/C23H26N4O5S/c1-14(2)21(25-22-16-7-4-5-8-19(16)33(30,31)26-22)23(29)24-15-10-11-17(18(13-15)32-3)27-12-6-9-20(27)28/h4-5,7-8,10-11,13-14,21H,6,9,12H2,1-3H3,(H,24,29)(H,25,26)/t21-/m0/s1. The number of amides is 2. The molecule has 10 heteroatoms. The van der Waals surface area contributed by atoms with Crippen molar-refractivity contribution >= 4 is 39.0 Å².